The Kier molecular flexibility index (Phi) is 18.2. The lowest BCUT2D eigenvalue weighted by molar-refractivity contribution is -0.142. The molecule has 27 nitrogen and oxygen atoms in total. The molecule has 0 fully saturated rings. The van der Waals surface area contributed by atoms with Crippen LogP contribution in [0.3, 0.4) is 0 Å². The SMILES string of the molecule is N=C(N)NC(NC(=O)C(NC(=N)N)NC(=O)C(NC(=N)N)NC(=O)C(NC(=N)N)NC(=O)C(NC(=O)C(O)N(Cc1c2ccccc2cc2ccccc12)c1cc(C(F)(F)F)nc2c(C(F)(F)F)cccc12)c1ccccc1)C(N)=O. The van der Waals surface area contributed by atoms with Crippen LogP contribution in [0.4, 0.5) is 32.0 Å². The number of carbonyl (C=O) groups is 6. The van der Waals surface area contributed by atoms with Crippen molar-refractivity contribution in [2.45, 2.75) is 55.8 Å². The average Bonchev–Trinajstić information content (AvgIpc) is 3.39. The Balaban J connectivity index is 1.39. The number of aromatic nitrogens is 1. The second kappa shape index (κ2) is 24.7. The quantitative estimate of drug-likeness (QED) is 0.0143. The molecule has 5 aromatic carbocycles. The van der Waals surface area contributed by atoms with E-state index in [1.165, 1.54) is 30.3 Å². The number of aliphatic hydroxyl groups is 1. The fourth-order valence-corrected chi connectivity index (χ4v) is 8.10. The van der Waals surface area contributed by atoms with Crippen LogP contribution in [-0.4, -0.2) is 100 Å². The Morgan fingerprint density at radius 3 is 1.40 bits per heavy atom. The summed E-state index contributed by atoms with van der Waals surface area (Å²) in [6, 6.07) is 22.7. The average molecular weight is 1130 g/mol. The molecule has 6 unspecified atom stereocenters. The third-order valence-electron chi connectivity index (χ3n) is 11.6. The van der Waals surface area contributed by atoms with Crippen LogP contribution in [0.5, 0.6) is 0 Å². The van der Waals surface area contributed by atoms with Gasteiger partial charge in [-0.15, -0.1) is 0 Å². The highest BCUT2D eigenvalue weighted by Gasteiger charge is 2.40. The maximum atomic E-state index is 14.8. The summed E-state index contributed by atoms with van der Waals surface area (Å²) in [5, 5.41) is 63.0. The van der Waals surface area contributed by atoms with Crippen LogP contribution in [0.2, 0.25) is 0 Å². The van der Waals surface area contributed by atoms with Gasteiger partial charge >= 0.3 is 12.4 Å². The molecule has 0 bridgehead atoms. The maximum Gasteiger partial charge on any atom is 0.433 e. The molecule has 81 heavy (non-hydrogen) atoms. The molecule has 33 heteroatoms. The third kappa shape index (κ3) is 14.9. The highest BCUT2D eigenvalue weighted by molar-refractivity contribution is 6.04. The zero-order chi connectivity index (χ0) is 59.7. The first kappa shape index (κ1) is 59.5. The number of benzene rings is 5. The van der Waals surface area contributed by atoms with Gasteiger partial charge in [-0.2, -0.15) is 26.3 Å². The standard InChI is InChI=1S/C48H50F6N20O7/c49-47(50,51)27-16-8-15-25-28(18-29(48(52,53)54)64-31(25)27)74(19-26-23-13-6-4-11-21(23)17-22-12-5-7-14-24(22)26)42(81)41(80)65-30(20-9-2-1-3-10-20)37(76)67-34(71-44(58)59)39(78)69-36(73-46(62)63)40(79)68-35(72-45(60)61)38(77)66-33(32(55)75)70-43(56)57/h1-18,30,33-36,42,81H,19H2,(H2,55,75)(H,65,80)(H,66,77)(H,67,76)(H,68,79)(H,69,78)(H4,56,57,70)(H4,58,59,71)(H4,60,61,72)(H4,62,63,73). The molecule has 24 N–H and O–H groups in total. The van der Waals surface area contributed by atoms with Crippen LogP contribution in [0.25, 0.3) is 32.4 Å². The van der Waals surface area contributed by atoms with Crippen molar-refractivity contribution in [3.63, 3.8) is 0 Å². The predicted molar refractivity (Wildman–Crippen MR) is 280 cm³/mol. The van der Waals surface area contributed by atoms with E-state index >= 15 is 0 Å². The number of amides is 6. The number of carbonyl (C=O) groups excluding carboxylic acids is 6. The van der Waals surface area contributed by atoms with Gasteiger partial charge < -0.3 is 86.5 Å². The molecular formula is C48H50F6N20O7. The molecule has 0 saturated carbocycles. The Morgan fingerprint density at radius 2 is 0.938 bits per heavy atom. The number of aliphatic hydroxyl groups excluding tert-OH is 1. The summed E-state index contributed by atoms with van der Waals surface area (Å²) in [7, 11) is 0. The van der Waals surface area contributed by atoms with Crippen molar-refractivity contribution in [1.82, 2.24) is 52.8 Å². The van der Waals surface area contributed by atoms with Gasteiger partial charge in [0.15, 0.2) is 48.5 Å². The van der Waals surface area contributed by atoms with Crippen molar-refractivity contribution in [3.8, 4) is 0 Å². The number of nitrogens with one attached hydrogen (secondary N) is 13. The lowest BCUT2D eigenvalue weighted by Gasteiger charge is -2.33. The smallest absolute Gasteiger partial charge is 0.370 e. The van der Waals surface area contributed by atoms with Gasteiger partial charge in [-0.1, -0.05) is 91.0 Å². The Labute approximate surface area is 452 Å². The first-order chi connectivity index (χ1) is 38.0. The molecule has 0 aliphatic heterocycles. The fraction of sp³-hybridized carbons (Fsp3) is 0.188. The number of halogens is 6. The third-order valence-corrected chi connectivity index (χ3v) is 11.6. The largest absolute Gasteiger partial charge is 0.433 e. The molecule has 6 aromatic rings. The van der Waals surface area contributed by atoms with Crippen LogP contribution in [0.1, 0.15) is 28.4 Å². The van der Waals surface area contributed by atoms with Crippen molar-refractivity contribution >= 4 is 97.4 Å². The second-order valence-electron chi connectivity index (χ2n) is 17.3. The number of hydrogen-bond donors (Lipinski definition) is 19. The Bertz CT molecular complexity index is 3410. The molecule has 0 aliphatic rings. The van der Waals surface area contributed by atoms with Crippen LogP contribution in [0, 0.1) is 21.6 Å². The van der Waals surface area contributed by atoms with Crippen LogP contribution < -0.4 is 81.4 Å². The number of anilines is 1. The maximum absolute atomic E-state index is 14.8. The normalized spacial score (nSPS) is 13.6. The van der Waals surface area contributed by atoms with Crippen LogP contribution in [-0.2, 0) is 47.7 Å². The van der Waals surface area contributed by atoms with Crippen molar-refractivity contribution < 1.29 is 60.2 Å². The van der Waals surface area contributed by atoms with E-state index in [2.05, 4.69) is 20.9 Å². The summed E-state index contributed by atoms with van der Waals surface area (Å²) in [6.45, 7) is -0.694. The van der Waals surface area contributed by atoms with E-state index in [0.717, 1.165) is 12.1 Å². The summed E-state index contributed by atoms with van der Waals surface area (Å²) >= 11 is 0. The summed E-state index contributed by atoms with van der Waals surface area (Å²) < 4.78 is 88.0. The van der Waals surface area contributed by atoms with Crippen LogP contribution in [0.15, 0.2) is 109 Å². The number of para-hydroxylation sites is 1. The minimum absolute atomic E-state index is 0.109. The molecule has 0 aliphatic carbocycles. The molecule has 426 valence electrons. The first-order valence-corrected chi connectivity index (χ1v) is 23.2. The molecule has 0 spiro atoms. The Morgan fingerprint density at radius 1 is 0.506 bits per heavy atom. The second-order valence-corrected chi connectivity index (χ2v) is 17.3. The number of pyridine rings is 1. The zero-order valence-electron chi connectivity index (χ0n) is 41.5. The minimum atomic E-state index is -5.40. The lowest BCUT2D eigenvalue weighted by Crippen LogP contribution is -2.68. The molecule has 0 radical (unpaired) electrons. The van der Waals surface area contributed by atoms with Gasteiger partial charge in [0.2, 0.25) is 12.1 Å². The van der Waals surface area contributed by atoms with E-state index in [9.17, 15) is 60.2 Å². The molecule has 6 atom stereocenters. The summed E-state index contributed by atoms with van der Waals surface area (Å²) in [5.41, 5.74) is 21.6. The van der Waals surface area contributed by atoms with E-state index in [1.54, 1.807) is 54.6 Å². The number of alkyl halides is 6. The molecule has 0 saturated heterocycles. The van der Waals surface area contributed by atoms with Gasteiger partial charge in [0.25, 0.3) is 29.5 Å². The minimum Gasteiger partial charge on any atom is -0.370 e. The number of primary amides is 1. The van der Waals surface area contributed by atoms with Gasteiger partial charge in [-0.25, -0.2) is 4.98 Å². The van der Waals surface area contributed by atoms with Crippen molar-refractivity contribution in [1.29, 1.82) is 21.6 Å². The van der Waals surface area contributed by atoms with Gasteiger partial charge in [0.1, 0.15) is 11.7 Å². The number of rotatable bonds is 20. The van der Waals surface area contributed by atoms with Crippen molar-refractivity contribution in [2.75, 3.05) is 4.90 Å². The van der Waals surface area contributed by atoms with Gasteiger partial charge in [-0.05, 0) is 50.9 Å². The molecular weight excluding hydrogens is 1080 g/mol. The number of fused-ring (bicyclic) bond motifs is 3. The lowest BCUT2D eigenvalue weighted by atomic mass is 9.96. The van der Waals surface area contributed by atoms with E-state index < -0.39 is 143 Å². The summed E-state index contributed by atoms with van der Waals surface area (Å²) in [6.07, 6.45) is -21.8. The molecule has 6 amide bonds. The number of hydrogen-bond acceptors (Lipinski definition) is 13. The Hall–Kier alpha value is -10.7. The van der Waals surface area contributed by atoms with Crippen molar-refractivity contribution in [2.24, 2.45) is 28.7 Å². The van der Waals surface area contributed by atoms with Gasteiger partial charge in [0.05, 0.1) is 16.8 Å². The van der Waals surface area contributed by atoms with Gasteiger partial charge in [-0.3, -0.25) is 50.4 Å². The topological polar surface area (TPSA) is 473 Å². The van der Waals surface area contributed by atoms with Gasteiger partial charge in [0, 0.05) is 11.9 Å². The fourth-order valence-electron chi connectivity index (χ4n) is 8.10. The number of nitrogens with two attached hydrogens (primary N) is 5. The first-order valence-electron chi connectivity index (χ1n) is 23.2. The van der Waals surface area contributed by atoms with E-state index in [-0.39, 0.29) is 11.1 Å². The number of guanidine groups is 4. The number of nitrogens with zero attached hydrogens (tertiary/aromatic N) is 2. The highest BCUT2D eigenvalue weighted by Crippen LogP contribution is 2.42. The highest BCUT2D eigenvalue weighted by atomic mass is 19.4. The zero-order valence-corrected chi connectivity index (χ0v) is 41.5. The van der Waals surface area contributed by atoms with E-state index in [1.807, 2.05) is 31.9 Å². The van der Waals surface area contributed by atoms with E-state index in [0.29, 0.717) is 38.6 Å². The van der Waals surface area contributed by atoms with Crippen LogP contribution >= 0.6 is 0 Å². The van der Waals surface area contributed by atoms with E-state index in [4.69, 9.17) is 50.3 Å². The molecule has 1 heterocycles. The van der Waals surface area contributed by atoms with Crippen molar-refractivity contribution in [3.05, 3.63) is 132 Å². The monoisotopic (exact) mass is 1130 g/mol. The molecule has 1 aromatic heterocycles. The summed E-state index contributed by atoms with van der Waals surface area (Å²) in [4.78, 5) is 86.1. The predicted octanol–water partition coefficient (Wildman–Crippen LogP) is -1.05. The summed E-state index contributed by atoms with van der Waals surface area (Å²) in [5.74, 6) is -12.4. The molecule has 6 rings (SSSR count).